The van der Waals surface area contributed by atoms with E-state index < -0.39 is 0 Å². The summed E-state index contributed by atoms with van der Waals surface area (Å²) >= 11 is 0. The van der Waals surface area contributed by atoms with E-state index in [0.717, 1.165) is 12.8 Å². The van der Waals surface area contributed by atoms with Gasteiger partial charge in [-0.1, -0.05) is 12.8 Å². The lowest BCUT2D eigenvalue weighted by Gasteiger charge is -2.12. The van der Waals surface area contributed by atoms with Crippen LogP contribution in [0.4, 0.5) is 0 Å². The highest BCUT2D eigenvalue weighted by Gasteiger charge is 2.22. The van der Waals surface area contributed by atoms with Gasteiger partial charge in [0.1, 0.15) is 0 Å². The Hall–Kier alpha value is -0.570. The summed E-state index contributed by atoms with van der Waals surface area (Å²) in [6.45, 7) is 4.01. The number of carbonyl (C=O) groups excluding carboxylic acids is 1. The number of hydrogen-bond acceptors (Lipinski definition) is 2. The van der Waals surface area contributed by atoms with Crippen molar-refractivity contribution in [1.29, 1.82) is 0 Å². The molecule has 1 amide bonds. The van der Waals surface area contributed by atoms with Crippen LogP contribution in [0.2, 0.25) is 0 Å². The van der Waals surface area contributed by atoms with E-state index >= 15 is 0 Å². The van der Waals surface area contributed by atoms with Crippen molar-refractivity contribution in [2.24, 2.45) is 11.7 Å². The molecule has 0 radical (unpaired) electrons. The minimum Gasteiger partial charge on any atom is -0.354 e. The molecule has 0 heterocycles. The Balaban J connectivity index is 0. The average molecular weight is 188 g/mol. The molecule has 0 aromatic rings. The minimum atomic E-state index is 0. The Morgan fingerprint density at radius 1 is 1.38 bits per heavy atom. The molecule has 0 atom stereocenters. The second-order valence-corrected chi connectivity index (χ2v) is 3.64. The van der Waals surface area contributed by atoms with Crippen molar-refractivity contribution in [3.05, 3.63) is 0 Å². The molecular weight excluding hydrogens is 164 g/mol. The zero-order valence-electron chi connectivity index (χ0n) is 8.97. The number of nitrogens with one attached hydrogen (secondary N) is 1. The van der Waals surface area contributed by atoms with Crippen LogP contribution in [-0.2, 0) is 4.79 Å². The van der Waals surface area contributed by atoms with Crippen LogP contribution in [0.15, 0.2) is 0 Å². The lowest BCUT2D eigenvalue weighted by molar-refractivity contribution is -0.125. The Labute approximate surface area is 82.6 Å². The number of carbonyl (C=O) groups is 1. The van der Waals surface area contributed by atoms with E-state index in [0.29, 0.717) is 12.0 Å². The smallest absolute Gasteiger partial charge is 0.223 e. The van der Waals surface area contributed by atoms with Crippen LogP contribution in [0.25, 0.3) is 0 Å². The summed E-state index contributed by atoms with van der Waals surface area (Å²) in [5.41, 5.74) is 4.50. The summed E-state index contributed by atoms with van der Waals surface area (Å²) in [6, 6.07) is 0.295. The maximum Gasteiger partial charge on any atom is 0.223 e. The van der Waals surface area contributed by atoms with Gasteiger partial charge in [0.25, 0.3) is 0 Å². The van der Waals surface area contributed by atoms with E-state index in [1.54, 1.807) is 0 Å². The molecular formula is C10H24N2O. The van der Waals surface area contributed by atoms with Gasteiger partial charge in [0.15, 0.2) is 0 Å². The monoisotopic (exact) mass is 188 g/mol. The molecule has 0 saturated heterocycles. The van der Waals surface area contributed by atoms with Gasteiger partial charge in [-0.15, -0.1) is 0 Å². The summed E-state index contributed by atoms with van der Waals surface area (Å²) in [6.07, 6.45) is 4.66. The third kappa shape index (κ3) is 4.88. The number of hydrogen-bond donors (Lipinski definition) is 2. The van der Waals surface area contributed by atoms with E-state index in [1.807, 2.05) is 13.8 Å². The van der Waals surface area contributed by atoms with Gasteiger partial charge >= 0.3 is 0 Å². The average Bonchev–Trinajstić information content (AvgIpc) is 2.58. The fraction of sp³-hybridized carbons (Fsp3) is 0.900. The van der Waals surface area contributed by atoms with Gasteiger partial charge < -0.3 is 11.1 Å². The van der Waals surface area contributed by atoms with E-state index in [2.05, 4.69) is 11.1 Å². The number of rotatable bonds is 2. The van der Waals surface area contributed by atoms with Crippen molar-refractivity contribution in [2.45, 2.75) is 45.6 Å². The molecule has 3 N–H and O–H groups in total. The Kier molecular flexibility index (Phi) is 6.59. The topological polar surface area (TPSA) is 55.1 Å². The first-order chi connectivity index (χ1) is 6.20. The molecule has 1 saturated carbocycles. The van der Waals surface area contributed by atoms with Gasteiger partial charge in [0.2, 0.25) is 5.91 Å². The second kappa shape index (κ2) is 6.89. The highest BCUT2D eigenvalue weighted by Crippen LogP contribution is 2.24. The summed E-state index contributed by atoms with van der Waals surface area (Å²) in [5, 5.41) is 2.95. The van der Waals surface area contributed by atoms with Gasteiger partial charge in [0, 0.05) is 13.4 Å². The van der Waals surface area contributed by atoms with E-state index in [1.165, 1.54) is 19.9 Å². The predicted octanol–water partition coefficient (Wildman–Crippen LogP) is 1.52. The van der Waals surface area contributed by atoms with E-state index in [9.17, 15) is 4.79 Å². The molecule has 1 aliphatic rings. The van der Waals surface area contributed by atoms with Crippen LogP contribution < -0.4 is 11.1 Å². The highest BCUT2D eigenvalue weighted by molar-refractivity contribution is 5.79. The summed E-state index contributed by atoms with van der Waals surface area (Å²) in [7, 11) is 1.50. The number of amides is 1. The van der Waals surface area contributed by atoms with Crippen molar-refractivity contribution in [3.63, 3.8) is 0 Å². The quantitative estimate of drug-likeness (QED) is 0.690. The molecule has 0 aliphatic heterocycles. The second-order valence-electron chi connectivity index (χ2n) is 3.64. The maximum atomic E-state index is 11.3. The molecule has 1 fully saturated rings. The largest absolute Gasteiger partial charge is 0.354 e. The molecule has 3 heteroatoms. The first-order valence-corrected chi connectivity index (χ1v) is 5.08. The molecule has 0 bridgehead atoms. The molecule has 0 aromatic heterocycles. The lowest BCUT2D eigenvalue weighted by Crippen LogP contribution is -2.34. The fourth-order valence-electron chi connectivity index (χ4n) is 1.59. The molecule has 80 valence electrons. The summed E-state index contributed by atoms with van der Waals surface area (Å²) < 4.78 is 0. The highest BCUT2D eigenvalue weighted by atomic mass is 16.1. The van der Waals surface area contributed by atoms with Crippen molar-refractivity contribution in [2.75, 3.05) is 7.05 Å². The van der Waals surface area contributed by atoms with Gasteiger partial charge in [0.05, 0.1) is 0 Å². The normalized spacial score (nSPS) is 16.7. The summed E-state index contributed by atoms with van der Waals surface area (Å²) in [5.74, 6) is 0.579. The molecule has 0 unspecified atom stereocenters. The standard InChI is InChI=1S/C9H17NO.CH5N.H2/c1-7(2)10-9(11)8-5-3-4-6-8;1-2;/h7-8H,3-6H2,1-2H3,(H,10,11);2H2,1H3;1H. The van der Waals surface area contributed by atoms with Crippen LogP contribution in [0.5, 0.6) is 0 Å². The Morgan fingerprint density at radius 2 is 1.85 bits per heavy atom. The molecule has 0 aromatic carbocycles. The first kappa shape index (κ1) is 12.4. The van der Waals surface area contributed by atoms with Crippen molar-refractivity contribution in [3.8, 4) is 0 Å². The van der Waals surface area contributed by atoms with Gasteiger partial charge in [-0.2, -0.15) is 0 Å². The zero-order chi connectivity index (χ0) is 10.3. The molecule has 1 aliphatic carbocycles. The van der Waals surface area contributed by atoms with Crippen LogP contribution in [0.3, 0.4) is 0 Å². The van der Waals surface area contributed by atoms with Crippen molar-refractivity contribution < 1.29 is 6.22 Å². The van der Waals surface area contributed by atoms with E-state index in [4.69, 9.17) is 0 Å². The summed E-state index contributed by atoms with van der Waals surface area (Å²) in [4.78, 5) is 11.3. The third-order valence-electron chi connectivity index (χ3n) is 2.16. The van der Waals surface area contributed by atoms with Gasteiger partial charge in [-0.3, -0.25) is 4.79 Å². The SMILES string of the molecule is CC(C)NC(=O)C1CCCC1.CN.[HH]. The zero-order valence-corrected chi connectivity index (χ0v) is 8.97. The van der Waals surface area contributed by atoms with Crippen LogP contribution in [0.1, 0.15) is 41.0 Å². The van der Waals surface area contributed by atoms with Gasteiger partial charge in [-0.05, 0) is 33.7 Å². The van der Waals surface area contributed by atoms with Crippen LogP contribution in [0, 0.1) is 5.92 Å². The molecule has 0 spiro atoms. The van der Waals surface area contributed by atoms with E-state index in [-0.39, 0.29) is 7.33 Å². The number of nitrogens with two attached hydrogens (primary N) is 1. The molecule has 3 nitrogen and oxygen atoms in total. The van der Waals surface area contributed by atoms with Crippen molar-refractivity contribution in [1.82, 2.24) is 5.32 Å². The maximum absolute atomic E-state index is 11.3. The Morgan fingerprint density at radius 3 is 2.23 bits per heavy atom. The Bertz CT molecular complexity index is 145. The lowest BCUT2D eigenvalue weighted by atomic mass is 10.1. The van der Waals surface area contributed by atoms with Crippen LogP contribution >= 0.6 is 0 Å². The minimum absolute atomic E-state index is 0. The molecule has 13 heavy (non-hydrogen) atoms. The van der Waals surface area contributed by atoms with Crippen molar-refractivity contribution >= 4 is 5.91 Å². The van der Waals surface area contributed by atoms with Crippen LogP contribution in [-0.4, -0.2) is 19.0 Å². The van der Waals surface area contributed by atoms with Gasteiger partial charge in [-0.25, -0.2) is 0 Å². The third-order valence-corrected chi connectivity index (χ3v) is 2.16. The first-order valence-electron chi connectivity index (χ1n) is 5.08. The predicted molar refractivity (Wildman–Crippen MR) is 57.5 cm³/mol. The molecule has 1 rings (SSSR count). The fourth-order valence-corrected chi connectivity index (χ4v) is 1.59.